The highest BCUT2D eigenvalue weighted by Gasteiger charge is 2.41. The number of aromatic nitrogens is 4. The highest BCUT2D eigenvalue weighted by atomic mass is 16.6. The van der Waals surface area contributed by atoms with Gasteiger partial charge in [0.1, 0.15) is 23.7 Å². The smallest absolute Gasteiger partial charge is 0.375 e. The number of likely N-dealkylation sites (tertiary alicyclic amines) is 2. The van der Waals surface area contributed by atoms with Crippen LogP contribution in [-0.4, -0.2) is 79.0 Å². The Hall–Kier alpha value is -5.60. The lowest BCUT2D eigenvalue weighted by Crippen LogP contribution is -2.46. The van der Waals surface area contributed by atoms with Crippen molar-refractivity contribution in [1.82, 2.24) is 29.7 Å². The zero-order chi connectivity index (χ0) is 41.7. The predicted molar refractivity (Wildman–Crippen MR) is 222 cm³/mol. The maximum atomic E-state index is 13.0. The number of imidazole rings is 2. The van der Waals surface area contributed by atoms with Gasteiger partial charge in [-0.3, -0.25) is 9.80 Å². The van der Waals surface area contributed by atoms with Crippen LogP contribution in [0.2, 0.25) is 0 Å². The van der Waals surface area contributed by atoms with Crippen LogP contribution < -0.4 is 11.5 Å². The van der Waals surface area contributed by atoms with Gasteiger partial charge in [-0.25, -0.2) is 29.1 Å². The Kier molecular flexibility index (Phi) is 11.2. The van der Waals surface area contributed by atoms with Crippen molar-refractivity contribution in [3.63, 3.8) is 0 Å². The Morgan fingerprint density at radius 3 is 1.38 bits per heavy atom. The SMILES string of the molecule is Cc1c(-c2cc(C)c3nc(C4CCCN4[C@H](C(=O)OC(N)=O)C(C)C)[nH]c3c2)ccc(-c2cc(C)c3nc(C4CCCN4[C@H](C(=O)OC(N)=O)C(C)C)[nH]c3c2)c1C. The Morgan fingerprint density at radius 2 is 1.03 bits per heavy atom. The van der Waals surface area contributed by atoms with Crippen molar-refractivity contribution >= 4 is 46.2 Å². The molecule has 3 aromatic carbocycles. The molecule has 306 valence electrons. The number of aryl methyl sites for hydroxylation is 2. The second kappa shape index (κ2) is 16.0. The molecule has 14 heteroatoms. The second-order valence-electron chi connectivity index (χ2n) is 16.7. The van der Waals surface area contributed by atoms with E-state index in [1.807, 2.05) is 27.7 Å². The number of nitrogens with zero attached hydrogens (tertiary/aromatic N) is 4. The van der Waals surface area contributed by atoms with Gasteiger partial charge in [0.25, 0.3) is 0 Å². The van der Waals surface area contributed by atoms with Gasteiger partial charge < -0.3 is 30.9 Å². The Balaban J connectivity index is 1.18. The molecule has 0 radical (unpaired) electrons. The van der Waals surface area contributed by atoms with E-state index >= 15 is 0 Å². The van der Waals surface area contributed by atoms with E-state index in [4.69, 9.17) is 30.9 Å². The molecule has 0 spiro atoms. The maximum Gasteiger partial charge on any atom is 0.412 e. The van der Waals surface area contributed by atoms with Crippen LogP contribution >= 0.6 is 0 Å². The molecule has 2 fully saturated rings. The number of aromatic amines is 2. The number of primary amides is 2. The van der Waals surface area contributed by atoms with Gasteiger partial charge in [0.05, 0.1) is 34.2 Å². The molecule has 0 bridgehead atoms. The molecule has 4 atom stereocenters. The molecule has 0 saturated carbocycles. The Morgan fingerprint density at radius 1 is 0.655 bits per heavy atom. The molecule has 6 N–H and O–H groups in total. The first-order valence-corrected chi connectivity index (χ1v) is 20.2. The van der Waals surface area contributed by atoms with Crippen LogP contribution in [0, 0.1) is 39.5 Å². The number of nitrogens with two attached hydrogens (primary N) is 2. The summed E-state index contributed by atoms with van der Waals surface area (Å²) in [7, 11) is 0. The standard InChI is InChI=1S/C44H54N8O6/c1-21(2)37(41(53)57-43(45)55)51-15-9-11-33(51)39-47-31-19-27(17-23(5)35(31)49-39)29-13-14-30(26(8)25(29)7)28-18-24(6)36-32(20-28)48-40(50-36)34-12-10-16-52(34)38(22(3)4)42(54)58-44(46)56/h13-14,17-22,33-34,37-38H,9-12,15-16H2,1-8H3,(H2,45,55)(H2,46,56)(H,47,49)(H,48,50)/t33?,34?,37-,38-/m0/s1. The summed E-state index contributed by atoms with van der Waals surface area (Å²) in [6, 6.07) is 11.5. The van der Waals surface area contributed by atoms with Crippen molar-refractivity contribution < 1.29 is 28.7 Å². The third-order valence-electron chi connectivity index (χ3n) is 12.1. The lowest BCUT2D eigenvalue weighted by molar-refractivity contribution is -0.146. The number of esters is 2. The quantitative estimate of drug-likeness (QED) is 0.0807. The van der Waals surface area contributed by atoms with E-state index in [1.54, 1.807) is 0 Å². The second-order valence-corrected chi connectivity index (χ2v) is 16.7. The first kappa shape index (κ1) is 40.6. The highest BCUT2D eigenvalue weighted by molar-refractivity contribution is 5.90. The van der Waals surface area contributed by atoms with E-state index in [0.29, 0.717) is 13.1 Å². The number of carbonyl (C=O) groups excluding carboxylic acids is 4. The molecule has 14 nitrogen and oxygen atoms in total. The lowest BCUT2D eigenvalue weighted by Gasteiger charge is -2.32. The topological polar surface area (TPSA) is 203 Å². The average molecular weight is 791 g/mol. The summed E-state index contributed by atoms with van der Waals surface area (Å²) < 4.78 is 9.69. The van der Waals surface area contributed by atoms with Crippen molar-refractivity contribution in [2.75, 3.05) is 13.1 Å². The number of hydrogen-bond acceptors (Lipinski definition) is 10. The number of amides is 2. The monoisotopic (exact) mass is 790 g/mol. The molecule has 2 unspecified atom stereocenters. The number of benzene rings is 3. The zero-order valence-corrected chi connectivity index (χ0v) is 34.6. The summed E-state index contributed by atoms with van der Waals surface area (Å²) >= 11 is 0. The van der Waals surface area contributed by atoms with E-state index in [0.717, 1.165) is 104 Å². The van der Waals surface area contributed by atoms with Crippen molar-refractivity contribution in [1.29, 1.82) is 0 Å². The van der Waals surface area contributed by atoms with Crippen molar-refractivity contribution in [3.05, 3.63) is 70.3 Å². The van der Waals surface area contributed by atoms with Gasteiger partial charge in [0, 0.05) is 0 Å². The molecule has 0 aliphatic carbocycles. The molecule has 2 saturated heterocycles. The molecule has 2 aliphatic heterocycles. The number of hydrogen-bond donors (Lipinski definition) is 4. The molecule has 2 aromatic heterocycles. The molecule has 7 rings (SSSR count). The summed E-state index contributed by atoms with van der Waals surface area (Å²) in [5.74, 6) is 0.0984. The Labute approximate surface area is 338 Å². The normalized spacial score (nSPS) is 18.7. The van der Waals surface area contributed by atoms with Gasteiger partial charge in [-0.05, 0) is 147 Å². The summed E-state index contributed by atoms with van der Waals surface area (Å²) in [6.07, 6.45) is 1.20. The highest BCUT2D eigenvalue weighted by Crippen LogP contribution is 2.40. The number of ether oxygens (including phenoxy) is 2. The third-order valence-corrected chi connectivity index (χ3v) is 12.1. The number of nitrogens with one attached hydrogen (secondary N) is 2. The largest absolute Gasteiger partial charge is 0.412 e. The van der Waals surface area contributed by atoms with Gasteiger partial charge in [-0.1, -0.05) is 39.8 Å². The van der Waals surface area contributed by atoms with Crippen molar-refractivity contribution in [2.24, 2.45) is 23.3 Å². The molecule has 58 heavy (non-hydrogen) atoms. The molecule has 4 heterocycles. The predicted octanol–water partition coefficient (Wildman–Crippen LogP) is 7.57. The van der Waals surface area contributed by atoms with E-state index in [1.165, 1.54) is 0 Å². The zero-order valence-electron chi connectivity index (χ0n) is 34.6. The van der Waals surface area contributed by atoms with Gasteiger partial charge in [0.2, 0.25) is 0 Å². The van der Waals surface area contributed by atoms with Gasteiger partial charge in [-0.2, -0.15) is 0 Å². The van der Waals surface area contributed by atoms with Crippen LogP contribution in [0.5, 0.6) is 0 Å². The lowest BCUT2D eigenvalue weighted by atomic mass is 9.89. The summed E-state index contributed by atoms with van der Waals surface area (Å²) in [5.41, 5.74) is 22.8. The van der Waals surface area contributed by atoms with Crippen molar-refractivity contribution in [3.8, 4) is 22.3 Å². The number of fused-ring (bicyclic) bond motifs is 2. The van der Waals surface area contributed by atoms with Crippen LogP contribution in [0.15, 0.2) is 36.4 Å². The number of carbonyl (C=O) groups is 4. The summed E-state index contributed by atoms with van der Waals surface area (Å²) in [4.78, 5) is 70.2. The summed E-state index contributed by atoms with van der Waals surface area (Å²) in [5, 5.41) is 0. The average Bonchev–Trinajstić information content (AvgIpc) is 3.95. The van der Waals surface area contributed by atoms with E-state index in [9.17, 15) is 19.2 Å². The Bertz CT molecular complexity index is 2260. The van der Waals surface area contributed by atoms with E-state index in [-0.39, 0.29) is 23.9 Å². The molecular weight excluding hydrogens is 737 g/mol. The van der Waals surface area contributed by atoms with Gasteiger partial charge >= 0.3 is 24.1 Å². The van der Waals surface area contributed by atoms with E-state index in [2.05, 4.69) is 83.9 Å². The van der Waals surface area contributed by atoms with Crippen LogP contribution in [0.25, 0.3) is 44.3 Å². The maximum absolute atomic E-state index is 13.0. The van der Waals surface area contributed by atoms with Crippen LogP contribution in [0.3, 0.4) is 0 Å². The van der Waals surface area contributed by atoms with E-state index < -0.39 is 36.2 Å². The minimum atomic E-state index is -1.10. The third kappa shape index (κ3) is 7.58. The van der Waals surface area contributed by atoms with Crippen LogP contribution in [0.4, 0.5) is 9.59 Å². The fourth-order valence-corrected chi connectivity index (χ4v) is 9.42. The molecule has 2 aliphatic rings. The minimum Gasteiger partial charge on any atom is -0.375 e. The van der Waals surface area contributed by atoms with Crippen LogP contribution in [-0.2, 0) is 19.1 Å². The summed E-state index contributed by atoms with van der Waals surface area (Å²) in [6.45, 7) is 17.5. The fourth-order valence-electron chi connectivity index (χ4n) is 9.42. The molecular formula is C44H54N8O6. The van der Waals surface area contributed by atoms with Gasteiger partial charge in [-0.15, -0.1) is 0 Å². The van der Waals surface area contributed by atoms with Crippen LogP contribution in [0.1, 0.15) is 99.4 Å². The van der Waals surface area contributed by atoms with Crippen molar-refractivity contribution in [2.45, 2.75) is 105 Å². The minimum absolute atomic E-state index is 0.0989. The fraction of sp³-hybridized carbons (Fsp3) is 0.455. The first-order chi connectivity index (χ1) is 27.5. The molecule has 2 amide bonds. The first-order valence-electron chi connectivity index (χ1n) is 20.2. The van der Waals surface area contributed by atoms with Gasteiger partial charge in [0.15, 0.2) is 0 Å². The number of H-pyrrole nitrogens is 2. The molecule has 5 aromatic rings. The number of rotatable bonds is 10.